The zero-order chi connectivity index (χ0) is 17.6. The molecule has 25 heavy (non-hydrogen) atoms. The molecule has 3 rings (SSSR count). The van der Waals surface area contributed by atoms with Crippen molar-refractivity contribution in [2.75, 3.05) is 26.0 Å². The molecule has 0 unspecified atom stereocenters. The van der Waals surface area contributed by atoms with E-state index in [1.165, 1.54) is 11.9 Å². The first kappa shape index (κ1) is 16.9. The molecule has 1 N–H and O–H groups in total. The predicted octanol–water partition coefficient (Wildman–Crippen LogP) is 2.45. The molecule has 0 aliphatic carbocycles. The van der Waals surface area contributed by atoms with Gasteiger partial charge >= 0.3 is 0 Å². The van der Waals surface area contributed by atoms with Gasteiger partial charge in [-0.2, -0.15) is 10.4 Å². The van der Waals surface area contributed by atoms with Crippen LogP contribution in [0.15, 0.2) is 42.9 Å². The maximum absolute atomic E-state index is 8.76. The molecule has 1 aromatic carbocycles. The van der Waals surface area contributed by atoms with Crippen LogP contribution in [-0.4, -0.2) is 45.3 Å². The summed E-state index contributed by atoms with van der Waals surface area (Å²) >= 11 is 0. The van der Waals surface area contributed by atoms with Crippen LogP contribution in [0.5, 0.6) is 0 Å². The van der Waals surface area contributed by atoms with E-state index < -0.39 is 0 Å². The quantitative estimate of drug-likeness (QED) is 0.714. The highest BCUT2D eigenvalue weighted by Gasteiger charge is 2.15. The smallest absolute Gasteiger partial charge is 0.163 e. The Morgan fingerprint density at radius 3 is 2.76 bits per heavy atom. The van der Waals surface area contributed by atoms with Crippen LogP contribution in [0, 0.1) is 11.3 Å². The second kappa shape index (κ2) is 7.73. The number of anilines is 1. The largest absolute Gasteiger partial charge is 0.367 e. The van der Waals surface area contributed by atoms with Crippen LogP contribution >= 0.6 is 0 Å². The zero-order valence-electron chi connectivity index (χ0n) is 14.4. The van der Waals surface area contributed by atoms with Crippen LogP contribution in [0.4, 0.5) is 5.82 Å². The first-order valence-corrected chi connectivity index (χ1v) is 8.19. The Labute approximate surface area is 146 Å². The van der Waals surface area contributed by atoms with Gasteiger partial charge in [-0.05, 0) is 19.7 Å². The molecule has 2 aromatic heterocycles. The van der Waals surface area contributed by atoms with Gasteiger partial charge in [-0.1, -0.05) is 30.3 Å². The number of hydrogen-bond donors (Lipinski definition) is 1. The van der Waals surface area contributed by atoms with Crippen molar-refractivity contribution in [3.8, 4) is 6.07 Å². The molecule has 1 atom stereocenters. The minimum atomic E-state index is 0.222. The predicted molar refractivity (Wildman–Crippen MR) is 96.9 cm³/mol. The zero-order valence-corrected chi connectivity index (χ0v) is 14.4. The van der Waals surface area contributed by atoms with Gasteiger partial charge in [0.2, 0.25) is 0 Å². The number of hydrogen-bond acceptors (Lipinski definition) is 6. The highest BCUT2D eigenvalue weighted by molar-refractivity contribution is 5.86. The van der Waals surface area contributed by atoms with Crippen molar-refractivity contribution < 1.29 is 0 Å². The van der Waals surface area contributed by atoms with Gasteiger partial charge in [-0.25, -0.2) is 14.6 Å². The lowest BCUT2D eigenvalue weighted by Gasteiger charge is -2.25. The van der Waals surface area contributed by atoms with E-state index in [-0.39, 0.29) is 6.04 Å². The highest BCUT2D eigenvalue weighted by atomic mass is 15.3. The molecular weight excluding hydrogens is 314 g/mol. The van der Waals surface area contributed by atoms with Crippen LogP contribution in [0.3, 0.4) is 0 Å². The lowest BCUT2D eigenvalue weighted by Crippen LogP contribution is -2.27. The van der Waals surface area contributed by atoms with Crippen molar-refractivity contribution >= 4 is 16.9 Å². The summed E-state index contributed by atoms with van der Waals surface area (Å²) in [5.41, 5.74) is 1.99. The summed E-state index contributed by atoms with van der Waals surface area (Å²) < 4.78 is 1.74. The van der Waals surface area contributed by atoms with E-state index in [1.54, 1.807) is 10.9 Å². The first-order chi connectivity index (χ1) is 12.2. The fourth-order valence-corrected chi connectivity index (χ4v) is 2.82. The number of nitrogens with zero attached hydrogens (tertiary/aromatic N) is 6. The van der Waals surface area contributed by atoms with Crippen LogP contribution in [0.25, 0.3) is 11.0 Å². The van der Waals surface area contributed by atoms with Gasteiger partial charge in [0.15, 0.2) is 5.65 Å². The van der Waals surface area contributed by atoms with Crippen LogP contribution in [0.2, 0.25) is 0 Å². The number of likely N-dealkylation sites (N-methyl/N-ethyl adjacent to an activating group) is 1. The number of nitriles is 1. The molecule has 0 fully saturated rings. The molecule has 0 amide bonds. The molecule has 0 saturated carbocycles. The Hall–Kier alpha value is -2.98. The fourth-order valence-electron chi connectivity index (χ4n) is 2.82. The van der Waals surface area contributed by atoms with E-state index in [2.05, 4.69) is 57.6 Å². The van der Waals surface area contributed by atoms with Crippen molar-refractivity contribution in [1.82, 2.24) is 24.6 Å². The lowest BCUT2D eigenvalue weighted by atomic mass is 10.1. The number of rotatable bonds is 7. The third-order valence-corrected chi connectivity index (χ3v) is 4.14. The Bertz CT molecular complexity index is 864. The number of aromatic nitrogens is 4. The molecule has 0 bridgehead atoms. The van der Waals surface area contributed by atoms with Gasteiger partial charge in [-0.15, -0.1) is 0 Å². The molecule has 128 valence electrons. The van der Waals surface area contributed by atoms with Gasteiger partial charge in [0.1, 0.15) is 12.1 Å². The third-order valence-electron chi connectivity index (χ3n) is 4.14. The summed E-state index contributed by atoms with van der Waals surface area (Å²) in [6.45, 7) is 1.24. The fraction of sp³-hybridized carbons (Fsp3) is 0.333. The van der Waals surface area contributed by atoms with Crippen molar-refractivity contribution in [1.29, 1.82) is 5.26 Å². The third kappa shape index (κ3) is 3.75. The summed E-state index contributed by atoms with van der Waals surface area (Å²) in [6.07, 6.45) is 3.69. The molecule has 0 aliphatic rings. The van der Waals surface area contributed by atoms with E-state index in [9.17, 15) is 0 Å². The maximum atomic E-state index is 8.76. The van der Waals surface area contributed by atoms with E-state index in [0.717, 1.165) is 16.9 Å². The van der Waals surface area contributed by atoms with E-state index in [4.69, 9.17) is 5.26 Å². The molecule has 3 aromatic rings. The van der Waals surface area contributed by atoms with Crippen molar-refractivity contribution in [3.05, 3.63) is 48.4 Å². The van der Waals surface area contributed by atoms with Crippen molar-refractivity contribution in [2.24, 2.45) is 0 Å². The Morgan fingerprint density at radius 2 is 2.04 bits per heavy atom. The molecule has 0 aliphatic heterocycles. The van der Waals surface area contributed by atoms with Crippen LogP contribution in [-0.2, 0) is 6.54 Å². The van der Waals surface area contributed by atoms with Gasteiger partial charge in [0, 0.05) is 6.54 Å². The van der Waals surface area contributed by atoms with Crippen molar-refractivity contribution in [3.63, 3.8) is 0 Å². The Balaban J connectivity index is 1.80. The number of benzene rings is 1. The van der Waals surface area contributed by atoms with Crippen molar-refractivity contribution in [2.45, 2.75) is 19.0 Å². The highest BCUT2D eigenvalue weighted by Crippen LogP contribution is 2.22. The normalized spacial score (nSPS) is 12.2. The summed E-state index contributed by atoms with van der Waals surface area (Å²) in [6, 6.07) is 12.7. The van der Waals surface area contributed by atoms with Gasteiger partial charge in [-0.3, -0.25) is 0 Å². The van der Waals surface area contributed by atoms with E-state index >= 15 is 0 Å². The lowest BCUT2D eigenvalue weighted by molar-refractivity contribution is 0.311. The molecule has 7 nitrogen and oxygen atoms in total. The molecule has 0 spiro atoms. The second-order valence-corrected chi connectivity index (χ2v) is 6.01. The maximum Gasteiger partial charge on any atom is 0.163 e. The minimum absolute atomic E-state index is 0.222. The second-order valence-electron chi connectivity index (χ2n) is 6.01. The number of nitrogens with one attached hydrogen (secondary N) is 1. The summed E-state index contributed by atoms with van der Waals surface area (Å²) in [4.78, 5) is 10.8. The molecule has 7 heteroatoms. The standard InChI is InChI=1S/C18H21N7/c1-24(2)16(14-7-4-3-5-8-14)12-20-17-15-11-23-25(10-6-9-19)18(15)22-13-21-17/h3-5,7-8,11,13,16H,6,10,12H2,1-2H3,(H,20,21,22)/t16-/m0/s1. The Morgan fingerprint density at radius 1 is 1.24 bits per heavy atom. The van der Waals surface area contributed by atoms with Gasteiger partial charge in [0.25, 0.3) is 0 Å². The molecule has 2 heterocycles. The molecule has 0 radical (unpaired) electrons. The average molecular weight is 335 g/mol. The molecular formula is C18H21N7. The molecule has 0 saturated heterocycles. The topological polar surface area (TPSA) is 82.7 Å². The van der Waals surface area contributed by atoms with E-state index in [0.29, 0.717) is 19.5 Å². The minimum Gasteiger partial charge on any atom is -0.367 e. The number of fused-ring (bicyclic) bond motifs is 1. The average Bonchev–Trinajstić information content (AvgIpc) is 3.04. The van der Waals surface area contributed by atoms with Gasteiger partial charge < -0.3 is 10.2 Å². The Kier molecular flexibility index (Phi) is 5.21. The van der Waals surface area contributed by atoms with Gasteiger partial charge in [0.05, 0.1) is 36.7 Å². The SMILES string of the molecule is CN(C)[C@@H](CNc1ncnc2c1cnn2CCC#N)c1ccccc1. The monoisotopic (exact) mass is 335 g/mol. The van der Waals surface area contributed by atoms with E-state index in [1.807, 2.05) is 18.2 Å². The number of aryl methyl sites for hydroxylation is 1. The first-order valence-electron chi connectivity index (χ1n) is 8.19. The summed E-state index contributed by atoms with van der Waals surface area (Å²) in [7, 11) is 4.13. The van der Waals surface area contributed by atoms with Crippen LogP contribution in [0.1, 0.15) is 18.0 Å². The summed E-state index contributed by atoms with van der Waals surface area (Å²) in [5.74, 6) is 0.760. The summed E-state index contributed by atoms with van der Waals surface area (Å²) in [5, 5.41) is 17.4. The van der Waals surface area contributed by atoms with Crippen LogP contribution < -0.4 is 5.32 Å².